The van der Waals surface area contributed by atoms with E-state index < -0.39 is 0 Å². The number of anilines is 1. The van der Waals surface area contributed by atoms with Gasteiger partial charge in [-0.2, -0.15) is 0 Å². The molecule has 1 aromatic rings. The van der Waals surface area contributed by atoms with Crippen LogP contribution in [0.25, 0.3) is 0 Å². The summed E-state index contributed by atoms with van der Waals surface area (Å²) in [6.07, 6.45) is 4.20. The van der Waals surface area contributed by atoms with E-state index >= 15 is 0 Å². The van der Waals surface area contributed by atoms with E-state index in [0.717, 1.165) is 25.9 Å². The number of aromatic nitrogens is 1. The predicted octanol–water partition coefficient (Wildman–Crippen LogP) is 0.482. The summed E-state index contributed by atoms with van der Waals surface area (Å²) in [5.74, 6) is -0.0995. The third-order valence-electron chi connectivity index (χ3n) is 3.34. The Hall–Kier alpha value is -1.66. The zero-order chi connectivity index (χ0) is 14.4. The first-order chi connectivity index (χ1) is 9.65. The summed E-state index contributed by atoms with van der Waals surface area (Å²) in [5.41, 5.74) is 0.524. The van der Waals surface area contributed by atoms with Crippen molar-refractivity contribution in [2.45, 2.75) is 25.4 Å². The van der Waals surface area contributed by atoms with Crippen molar-refractivity contribution in [2.75, 3.05) is 25.0 Å². The molecule has 0 bridgehead atoms. The second-order valence-electron chi connectivity index (χ2n) is 4.99. The zero-order valence-corrected chi connectivity index (χ0v) is 11.7. The van der Waals surface area contributed by atoms with Crippen LogP contribution in [0.3, 0.4) is 0 Å². The van der Waals surface area contributed by atoms with Crippen molar-refractivity contribution in [3.05, 3.63) is 28.7 Å². The fourth-order valence-electron chi connectivity index (χ4n) is 2.17. The SMILES string of the molecule is Cn1cc(NC(=O)CCOC2CCNCC2)ccc1=O. The van der Waals surface area contributed by atoms with Crippen molar-refractivity contribution in [3.63, 3.8) is 0 Å². The van der Waals surface area contributed by atoms with E-state index in [4.69, 9.17) is 4.74 Å². The first-order valence-corrected chi connectivity index (χ1v) is 6.94. The number of hydrogen-bond acceptors (Lipinski definition) is 4. The van der Waals surface area contributed by atoms with E-state index in [0.29, 0.717) is 18.7 Å². The summed E-state index contributed by atoms with van der Waals surface area (Å²) in [6, 6.07) is 3.04. The summed E-state index contributed by atoms with van der Waals surface area (Å²) in [6.45, 7) is 2.39. The van der Waals surface area contributed by atoms with Gasteiger partial charge in [-0.05, 0) is 32.0 Å². The number of aryl methyl sites for hydroxylation is 1. The summed E-state index contributed by atoms with van der Waals surface area (Å²) in [4.78, 5) is 23.0. The van der Waals surface area contributed by atoms with Crippen molar-refractivity contribution >= 4 is 11.6 Å². The van der Waals surface area contributed by atoms with Crippen molar-refractivity contribution in [3.8, 4) is 0 Å². The lowest BCUT2D eigenvalue weighted by Crippen LogP contribution is -2.33. The molecule has 110 valence electrons. The second-order valence-corrected chi connectivity index (χ2v) is 4.99. The maximum Gasteiger partial charge on any atom is 0.250 e. The molecule has 1 amide bonds. The maximum absolute atomic E-state index is 11.8. The first-order valence-electron chi connectivity index (χ1n) is 6.94. The molecule has 0 aromatic carbocycles. The predicted molar refractivity (Wildman–Crippen MR) is 76.8 cm³/mol. The number of carbonyl (C=O) groups excluding carboxylic acids is 1. The Kier molecular flexibility index (Phi) is 5.31. The highest BCUT2D eigenvalue weighted by atomic mass is 16.5. The van der Waals surface area contributed by atoms with Crippen LogP contribution in [0.1, 0.15) is 19.3 Å². The van der Waals surface area contributed by atoms with E-state index in [1.807, 2.05) is 0 Å². The van der Waals surface area contributed by atoms with Gasteiger partial charge in [0.2, 0.25) is 11.5 Å². The molecule has 0 saturated carbocycles. The Morgan fingerprint density at radius 1 is 1.45 bits per heavy atom. The summed E-state index contributed by atoms with van der Waals surface area (Å²) in [5, 5.41) is 6.03. The van der Waals surface area contributed by atoms with Gasteiger partial charge in [-0.25, -0.2) is 0 Å². The molecule has 6 heteroatoms. The number of carbonyl (C=O) groups is 1. The molecule has 6 nitrogen and oxygen atoms in total. The van der Waals surface area contributed by atoms with Gasteiger partial charge >= 0.3 is 0 Å². The lowest BCUT2D eigenvalue weighted by molar-refractivity contribution is -0.117. The number of piperidine rings is 1. The number of nitrogens with zero attached hydrogens (tertiary/aromatic N) is 1. The van der Waals surface area contributed by atoms with Gasteiger partial charge in [0.15, 0.2) is 0 Å². The monoisotopic (exact) mass is 279 g/mol. The fourth-order valence-corrected chi connectivity index (χ4v) is 2.17. The lowest BCUT2D eigenvalue weighted by atomic mass is 10.1. The minimum absolute atomic E-state index is 0.0995. The smallest absolute Gasteiger partial charge is 0.250 e. The molecule has 2 rings (SSSR count). The number of pyridine rings is 1. The lowest BCUT2D eigenvalue weighted by Gasteiger charge is -2.22. The Morgan fingerprint density at radius 2 is 2.20 bits per heavy atom. The van der Waals surface area contributed by atoms with Crippen molar-refractivity contribution in [1.82, 2.24) is 9.88 Å². The Labute approximate surface area is 118 Å². The molecule has 0 radical (unpaired) electrons. The number of ether oxygens (including phenoxy) is 1. The fraction of sp³-hybridized carbons (Fsp3) is 0.571. The average molecular weight is 279 g/mol. The molecule has 0 spiro atoms. The standard InChI is InChI=1S/C14H21N3O3/c1-17-10-11(2-3-14(17)19)16-13(18)6-9-20-12-4-7-15-8-5-12/h2-3,10,12,15H,4-9H2,1H3,(H,16,18). The molecular weight excluding hydrogens is 258 g/mol. The van der Waals surface area contributed by atoms with E-state index in [-0.39, 0.29) is 17.6 Å². The quantitative estimate of drug-likeness (QED) is 0.822. The Balaban J connectivity index is 1.71. The minimum Gasteiger partial charge on any atom is -0.378 e. The highest BCUT2D eigenvalue weighted by Crippen LogP contribution is 2.08. The van der Waals surface area contributed by atoms with Gasteiger partial charge in [0, 0.05) is 19.3 Å². The van der Waals surface area contributed by atoms with Gasteiger partial charge in [0.1, 0.15) is 0 Å². The van der Waals surface area contributed by atoms with Crippen LogP contribution >= 0.6 is 0 Å². The molecule has 1 fully saturated rings. The van der Waals surface area contributed by atoms with Gasteiger partial charge in [-0.3, -0.25) is 9.59 Å². The van der Waals surface area contributed by atoms with Gasteiger partial charge < -0.3 is 19.9 Å². The molecular formula is C14H21N3O3. The molecule has 0 atom stereocenters. The van der Waals surface area contributed by atoms with Gasteiger partial charge in [-0.15, -0.1) is 0 Å². The number of rotatable bonds is 5. The van der Waals surface area contributed by atoms with Crippen LogP contribution in [0, 0.1) is 0 Å². The summed E-state index contributed by atoms with van der Waals surface area (Å²) < 4.78 is 7.11. The number of nitrogens with one attached hydrogen (secondary N) is 2. The number of hydrogen-bond donors (Lipinski definition) is 2. The largest absolute Gasteiger partial charge is 0.378 e. The molecule has 1 saturated heterocycles. The second kappa shape index (κ2) is 7.21. The van der Waals surface area contributed by atoms with Crippen LogP contribution in [0.4, 0.5) is 5.69 Å². The van der Waals surface area contributed by atoms with Crippen molar-refractivity contribution < 1.29 is 9.53 Å². The molecule has 20 heavy (non-hydrogen) atoms. The van der Waals surface area contributed by atoms with Crippen molar-refractivity contribution in [1.29, 1.82) is 0 Å². The van der Waals surface area contributed by atoms with Gasteiger partial charge in [-0.1, -0.05) is 0 Å². The third-order valence-corrected chi connectivity index (χ3v) is 3.34. The van der Waals surface area contributed by atoms with Crippen LogP contribution in [-0.2, 0) is 16.6 Å². The summed E-state index contributed by atoms with van der Waals surface area (Å²) >= 11 is 0. The van der Waals surface area contributed by atoms with E-state index in [1.165, 1.54) is 10.6 Å². The highest BCUT2D eigenvalue weighted by molar-refractivity contribution is 5.90. The molecule has 2 N–H and O–H groups in total. The topological polar surface area (TPSA) is 72.4 Å². The van der Waals surface area contributed by atoms with E-state index in [1.54, 1.807) is 19.3 Å². The molecule has 2 heterocycles. The Bertz CT molecular complexity index is 507. The molecule has 0 aliphatic carbocycles. The van der Waals surface area contributed by atoms with Gasteiger partial charge in [0.25, 0.3) is 0 Å². The van der Waals surface area contributed by atoms with Crippen LogP contribution in [0.2, 0.25) is 0 Å². The molecule has 1 aromatic heterocycles. The first kappa shape index (κ1) is 14.7. The summed E-state index contributed by atoms with van der Waals surface area (Å²) in [7, 11) is 1.65. The normalized spacial score (nSPS) is 16.1. The van der Waals surface area contributed by atoms with Crippen molar-refractivity contribution in [2.24, 2.45) is 7.05 Å². The number of amides is 1. The zero-order valence-electron chi connectivity index (χ0n) is 11.7. The maximum atomic E-state index is 11.8. The highest BCUT2D eigenvalue weighted by Gasteiger charge is 2.13. The molecule has 1 aliphatic rings. The van der Waals surface area contributed by atoms with Crippen LogP contribution in [-0.4, -0.2) is 36.3 Å². The van der Waals surface area contributed by atoms with Crippen LogP contribution in [0.5, 0.6) is 0 Å². The minimum atomic E-state index is -0.0998. The Morgan fingerprint density at radius 3 is 2.90 bits per heavy atom. The molecule has 0 unspecified atom stereocenters. The van der Waals surface area contributed by atoms with Crippen LogP contribution < -0.4 is 16.2 Å². The van der Waals surface area contributed by atoms with Gasteiger partial charge in [0.05, 0.1) is 24.8 Å². The van der Waals surface area contributed by atoms with E-state index in [9.17, 15) is 9.59 Å². The van der Waals surface area contributed by atoms with E-state index in [2.05, 4.69) is 10.6 Å². The third kappa shape index (κ3) is 4.47. The molecule has 1 aliphatic heterocycles. The van der Waals surface area contributed by atoms with Crippen LogP contribution in [0.15, 0.2) is 23.1 Å². The average Bonchev–Trinajstić information content (AvgIpc) is 2.44.